The van der Waals surface area contributed by atoms with E-state index in [0.717, 1.165) is 0 Å². The van der Waals surface area contributed by atoms with E-state index in [1.54, 1.807) is 26.0 Å². The predicted octanol–water partition coefficient (Wildman–Crippen LogP) is 2.38. The number of nitrogens with one attached hydrogen (secondary N) is 1. The molecular formula is C24H22FN3O6. The van der Waals surface area contributed by atoms with E-state index in [4.69, 9.17) is 4.74 Å². The lowest BCUT2D eigenvalue weighted by molar-refractivity contribution is -0.172. The summed E-state index contributed by atoms with van der Waals surface area (Å²) >= 11 is 0. The van der Waals surface area contributed by atoms with Crippen LogP contribution in [0.1, 0.15) is 41.2 Å². The first-order valence-corrected chi connectivity index (χ1v) is 10.8. The van der Waals surface area contributed by atoms with Gasteiger partial charge in [0.2, 0.25) is 0 Å². The number of pyridine rings is 2. The molecule has 1 amide bonds. The van der Waals surface area contributed by atoms with Crippen molar-refractivity contribution >= 4 is 23.0 Å². The molecule has 4 heterocycles. The van der Waals surface area contributed by atoms with Crippen molar-refractivity contribution in [1.29, 1.82) is 0 Å². The number of cyclic esters (lactones) is 1. The number of benzene rings is 1. The number of alkyl carbamates (subject to hydrolysis) is 1. The van der Waals surface area contributed by atoms with Crippen LogP contribution in [0, 0.1) is 12.7 Å². The summed E-state index contributed by atoms with van der Waals surface area (Å²) < 4.78 is 25.7. The Bertz CT molecular complexity index is 1460. The third-order valence-corrected chi connectivity index (χ3v) is 6.68. The number of nitrogens with zero attached hydrogens (tertiary/aromatic N) is 2. The minimum Gasteiger partial charge on any atom is -0.458 e. The lowest BCUT2D eigenvalue weighted by atomic mass is 9.86. The molecule has 0 saturated carbocycles. The minimum atomic E-state index is -1.94. The Kier molecular flexibility index (Phi) is 4.94. The summed E-state index contributed by atoms with van der Waals surface area (Å²) in [5.41, 5.74) is 1.02. The molecule has 0 fully saturated rings. The normalized spacial score (nSPS) is 18.2. The molecule has 1 atom stereocenters. The van der Waals surface area contributed by atoms with Gasteiger partial charge in [-0.25, -0.2) is 19.0 Å². The van der Waals surface area contributed by atoms with Crippen molar-refractivity contribution in [3.63, 3.8) is 0 Å². The molecule has 3 aromatic rings. The fourth-order valence-corrected chi connectivity index (χ4v) is 4.73. The second-order valence-corrected chi connectivity index (χ2v) is 8.48. The fourth-order valence-electron chi connectivity index (χ4n) is 4.73. The van der Waals surface area contributed by atoms with E-state index in [0.29, 0.717) is 39.0 Å². The highest BCUT2D eigenvalue weighted by atomic mass is 19.1. The molecule has 34 heavy (non-hydrogen) atoms. The van der Waals surface area contributed by atoms with Gasteiger partial charge in [-0.15, -0.1) is 0 Å². The lowest BCUT2D eigenvalue weighted by Crippen LogP contribution is -2.44. The van der Waals surface area contributed by atoms with Crippen molar-refractivity contribution in [2.45, 2.75) is 45.6 Å². The molecule has 176 valence electrons. The topological polar surface area (TPSA) is 120 Å². The fraction of sp³-hybridized carbons (Fsp3) is 0.333. The van der Waals surface area contributed by atoms with Crippen molar-refractivity contribution in [2.24, 2.45) is 0 Å². The number of aliphatic hydroxyl groups is 1. The van der Waals surface area contributed by atoms with E-state index >= 15 is 0 Å². The largest absolute Gasteiger partial charge is 0.458 e. The smallest absolute Gasteiger partial charge is 0.407 e. The monoisotopic (exact) mass is 467 g/mol. The number of ether oxygens (including phenoxy) is 2. The quantitative estimate of drug-likeness (QED) is 0.444. The number of esters is 1. The minimum absolute atomic E-state index is 0.0263. The molecule has 5 rings (SSSR count). The summed E-state index contributed by atoms with van der Waals surface area (Å²) in [4.78, 5) is 42.2. The Morgan fingerprint density at radius 3 is 2.79 bits per heavy atom. The van der Waals surface area contributed by atoms with Crippen LogP contribution >= 0.6 is 0 Å². The van der Waals surface area contributed by atoms with Crippen LogP contribution in [0.25, 0.3) is 22.3 Å². The van der Waals surface area contributed by atoms with Gasteiger partial charge in [-0.05, 0) is 36.6 Å². The number of fused-ring (bicyclic) bond motifs is 5. The van der Waals surface area contributed by atoms with Crippen molar-refractivity contribution < 1.29 is 28.6 Å². The van der Waals surface area contributed by atoms with Crippen molar-refractivity contribution in [1.82, 2.24) is 14.9 Å². The molecular weight excluding hydrogens is 445 g/mol. The van der Waals surface area contributed by atoms with Gasteiger partial charge in [0.1, 0.15) is 12.4 Å². The number of rotatable bonds is 3. The van der Waals surface area contributed by atoms with E-state index < -0.39 is 29.0 Å². The average molecular weight is 467 g/mol. The van der Waals surface area contributed by atoms with E-state index in [9.17, 15) is 23.9 Å². The molecule has 0 saturated heterocycles. The highest BCUT2D eigenvalue weighted by molar-refractivity contribution is 5.90. The van der Waals surface area contributed by atoms with Gasteiger partial charge >= 0.3 is 12.1 Å². The number of carbonyl (C=O) groups is 2. The van der Waals surface area contributed by atoms with Gasteiger partial charge in [0, 0.05) is 29.1 Å². The molecule has 1 aromatic carbocycles. The zero-order chi connectivity index (χ0) is 24.4. The molecule has 2 aliphatic heterocycles. The molecule has 10 heteroatoms. The van der Waals surface area contributed by atoms with Crippen molar-refractivity contribution in [3.05, 3.63) is 62.2 Å². The maximum atomic E-state index is 14.4. The van der Waals surface area contributed by atoms with Gasteiger partial charge in [-0.2, -0.15) is 0 Å². The van der Waals surface area contributed by atoms with Gasteiger partial charge in [0.25, 0.3) is 5.56 Å². The Labute approximate surface area is 193 Å². The maximum Gasteiger partial charge on any atom is 0.407 e. The van der Waals surface area contributed by atoms with Gasteiger partial charge in [-0.1, -0.05) is 6.92 Å². The summed E-state index contributed by atoms with van der Waals surface area (Å²) in [6.07, 6.45) is -0.609. The maximum absolute atomic E-state index is 14.4. The number of halogens is 1. The predicted molar refractivity (Wildman–Crippen MR) is 118 cm³/mol. The molecule has 2 aromatic heterocycles. The third-order valence-electron chi connectivity index (χ3n) is 6.68. The number of hydrogen-bond acceptors (Lipinski definition) is 7. The van der Waals surface area contributed by atoms with Crippen molar-refractivity contribution in [3.8, 4) is 11.4 Å². The Hall–Kier alpha value is -3.79. The van der Waals surface area contributed by atoms with Gasteiger partial charge < -0.3 is 24.5 Å². The molecule has 9 nitrogen and oxygen atoms in total. The zero-order valence-electron chi connectivity index (χ0n) is 18.8. The summed E-state index contributed by atoms with van der Waals surface area (Å²) in [5, 5.41) is 14.3. The molecule has 2 aliphatic rings. The van der Waals surface area contributed by atoms with Crippen LogP contribution in [0.3, 0.4) is 0 Å². The molecule has 0 aliphatic carbocycles. The van der Waals surface area contributed by atoms with E-state index in [1.165, 1.54) is 17.7 Å². The molecule has 0 bridgehead atoms. The third kappa shape index (κ3) is 3.02. The number of aryl methyl sites for hydroxylation is 1. The van der Waals surface area contributed by atoms with Crippen LogP contribution in [-0.2, 0) is 39.6 Å². The van der Waals surface area contributed by atoms with Gasteiger partial charge in [-0.3, -0.25) is 4.79 Å². The van der Waals surface area contributed by atoms with Crippen LogP contribution in [-0.4, -0.2) is 33.8 Å². The zero-order valence-corrected chi connectivity index (χ0v) is 18.8. The second-order valence-electron chi connectivity index (χ2n) is 8.48. The molecule has 0 spiro atoms. The van der Waals surface area contributed by atoms with Gasteiger partial charge in [0.05, 0.1) is 36.1 Å². The average Bonchev–Trinajstić information content (AvgIpc) is 3.19. The Morgan fingerprint density at radius 2 is 2.09 bits per heavy atom. The summed E-state index contributed by atoms with van der Waals surface area (Å²) in [5.74, 6) is -1.24. The van der Waals surface area contributed by atoms with Gasteiger partial charge in [0.15, 0.2) is 5.60 Å². The molecule has 2 N–H and O–H groups in total. The number of aromatic nitrogens is 2. The van der Waals surface area contributed by atoms with Crippen molar-refractivity contribution in [2.75, 3.05) is 7.11 Å². The number of hydrogen-bond donors (Lipinski definition) is 2. The first-order chi connectivity index (χ1) is 16.2. The Morgan fingerprint density at radius 1 is 1.32 bits per heavy atom. The molecule has 0 radical (unpaired) electrons. The van der Waals surface area contributed by atoms with E-state index in [1.807, 2.05) is 0 Å². The number of amides is 1. The van der Waals surface area contributed by atoms with Crippen LogP contribution < -0.4 is 10.9 Å². The Balaban J connectivity index is 1.78. The highest BCUT2D eigenvalue weighted by Crippen LogP contribution is 2.40. The van der Waals surface area contributed by atoms with Crippen LogP contribution in [0.2, 0.25) is 0 Å². The number of methoxy groups -OCH3 is 1. The van der Waals surface area contributed by atoms with E-state index in [-0.39, 0.29) is 37.2 Å². The summed E-state index contributed by atoms with van der Waals surface area (Å²) in [7, 11) is 1.25. The van der Waals surface area contributed by atoms with Crippen LogP contribution in [0.4, 0.5) is 9.18 Å². The van der Waals surface area contributed by atoms with Crippen LogP contribution in [0.15, 0.2) is 23.0 Å². The first kappa shape index (κ1) is 22.0. The van der Waals surface area contributed by atoms with E-state index in [2.05, 4.69) is 15.0 Å². The molecule has 0 unspecified atom stereocenters. The first-order valence-electron chi connectivity index (χ1n) is 10.8. The summed E-state index contributed by atoms with van der Waals surface area (Å²) in [6, 6.07) is 4.56. The lowest BCUT2D eigenvalue weighted by Gasteiger charge is -2.31. The standard InChI is InChI=1S/C24H22FN3O6/c1-4-24(32)16-6-19-20-14(9-28(19)21(29)15(16)10-34-22(24)30)13(8-26-23(31)33-3)12-5-11(2)17(25)7-18(12)27-20/h5-7,32H,4,8-10H2,1-3H3,(H,26,31)/t24-/m0/s1. The SMILES string of the molecule is CC[C@@]1(O)C(=O)OCc2c1cc1n(c2=O)Cc2c-1nc1cc(F)c(C)cc1c2CNC(=O)OC. The number of carbonyl (C=O) groups excluding carboxylic acids is 2. The highest BCUT2D eigenvalue weighted by Gasteiger charge is 2.45. The summed E-state index contributed by atoms with van der Waals surface area (Å²) in [6.45, 7) is 3.26. The second kappa shape index (κ2) is 7.63. The van der Waals surface area contributed by atoms with Crippen LogP contribution in [0.5, 0.6) is 0 Å².